The molecule has 37 atom stereocenters. The van der Waals surface area contributed by atoms with Crippen LogP contribution < -0.4 is 0 Å². The SMILES string of the molecule is C[C@@H]1CC[C@@]2(OC1)O[C@H]1C[C@H]3[C@@H]4CC[C@H]5C[C@@H](O[C@@H]6O[C@H](CO)[C@H](O[C@@H]7O[C@H](CO)[C@@H](O)[C@H](O[C@@H]8O[C@H](CO)[C@@H](O[C@@H]9O[C@@H](C)[C@H](O)[C@@H](O)[C@H]9O)[C@H](O)[C@H]8O)[C@H]7O[C@@H]7O[C@H](CO)[C@@H](O)[C@H](O)[C@H]7O)[C@H](O)[C@H]6O)[C@H](O)C[C@]5(C)C4=CC(=O)[C@]3(C)[C@H]1[C@@H]2C. The van der Waals surface area contributed by atoms with E-state index in [2.05, 4.69) is 27.7 Å². The maximum Gasteiger partial charge on any atom is 0.187 e. The number of aliphatic hydroxyl groups excluding tert-OH is 16. The van der Waals surface area contributed by atoms with Crippen molar-refractivity contribution in [2.45, 2.75) is 257 Å². The smallest absolute Gasteiger partial charge is 0.187 e. The summed E-state index contributed by atoms with van der Waals surface area (Å²) in [6.07, 6.45) is -42.6. The van der Waals surface area contributed by atoms with Crippen LogP contribution in [0, 0.1) is 46.3 Å². The Morgan fingerprint density at radius 1 is 0.535 bits per heavy atom. The lowest BCUT2D eigenvalue weighted by Crippen LogP contribution is -2.69. The molecule has 29 nitrogen and oxygen atoms in total. The molecule has 0 unspecified atom stereocenters. The molecule has 86 heavy (non-hydrogen) atoms. The van der Waals surface area contributed by atoms with E-state index >= 15 is 0 Å². The standard InChI is InChI=1S/C57H90O29/c1-19-8-9-57(75-18-19)20(2)34-28(86-57)11-25-23-7-6-22-10-27(26(62)13-55(22,4)24(23)12-33(63)56(25,34)5)77-51-44(73)40(69)47(32(17-61)80-51)83-54-49(85-52-43(72)39(68)36(65)29(14-58)78-52)48(37(66)30(15-59)79-54)84-53-45(74)41(70)46(31(16-60)81-53)82-50-42(71)38(67)35(64)21(3)76-50/h12,19-23,25-32,34-54,58-62,64-74H,6-11,13-18H2,1-5H3/t19-,20+,21+,22+,23-,25+,26-,27-,28+,29-,30-,31-,32-,34+,35+,36-,37-,38-,39+,40-,41-,42-,43-,44-,45-,46-,47+,48+,49-,50+,51-,52+,53+,54+,55+,56-,57-/m1/s1. The van der Waals surface area contributed by atoms with Gasteiger partial charge in [0.2, 0.25) is 0 Å². The molecule has 7 saturated heterocycles. The van der Waals surface area contributed by atoms with Crippen LogP contribution in [0.3, 0.4) is 0 Å². The first kappa shape index (κ1) is 65.8. The van der Waals surface area contributed by atoms with E-state index in [9.17, 15) is 86.5 Å². The molecular formula is C57H90O29. The Hall–Kier alpha value is -1.71. The molecule has 0 amide bonds. The Bertz CT molecular complexity index is 2360. The number of aliphatic hydroxyl groups is 16. The molecule has 10 fully saturated rings. The first-order chi connectivity index (χ1) is 40.7. The van der Waals surface area contributed by atoms with Crippen LogP contribution >= 0.6 is 0 Å². The van der Waals surface area contributed by atoms with E-state index in [-0.39, 0.29) is 54.3 Å². The molecule has 0 aromatic heterocycles. The molecule has 0 aromatic carbocycles. The van der Waals surface area contributed by atoms with Gasteiger partial charge in [-0.3, -0.25) is 4.79 Å². The normalized spacial score (nSPS) is 56.6. The summed E-state index contributed by atoms with van der Waals surface area (Å²) < 4.78 is 72.8. The molecule has 4 aliphatic carbocycles. The van der Waals surface area contributed by atoms with Crippen LogP contribution in [0.5, 0.6) is 0 Å². The number of hydrogen-bond acceptors (Lipinski definition) is 29. The minimum absolute atomic E-state index is 0.0136. The highest BCUT2D eigenvalue weighted by molar-refractivity contribution is 5.97. The number of rotatable bonds is 14. The second kappa shape index (κ2) is 25.3. The van der Waals surface area contributed by atoms with Crippen molar-refractivity contribution in [1.29, 1.82) is 0 Å². The van der Waals surface area contributed by atoms with Gasteiger partial charge < -0.3 is 139 Å². The molecule has 7 heterocycles. The Kier molecular flexibility index (Phi) is 19.4. The topological polar surface area (TPSA) is 452 Å². The molecule has 16 N–H and O–H groups in total. The van der Waals surface area contributed by atoms with Crippen LogP contribution in [0.25, 0.3) is 0 Å². The van der Waals surface area contributed by atoms with Gasteiger partial charge in [0.1, 0.15) is 116 Å². The van der Waals surface area contributed by atoms with Crippen LogP contribution in [0.2, 0.25) is 0 Å². The third-order valence-corrected chi connectivity index (χ3v) is 21.8. The summed E-state index contributed by atoms with van der Waals surface area (Å²) in [6, 6.07) is 0. The molecule has 11 aliphatic rings. The molecule has 0 radical (unpaired) electrons. The predicted molar refractivity (Wildman–Crippen MR) is 281 cm³/mol. The molecule has 0 aromatic rings. The van der Waals surface area contributed by atoms with Crippen molar-refractivity contribution in [1.82, 2.24) is 0 Å². The van der Waals surface area contributed by atoms with Gasteiger partial charge >= 0.3 is 0 Å². The fourth-order valence-corrected chi connectivity index (χ4v) is 16.7. The Labute approximate surface area is 496 Å². The molecule has 29 heteroatoms. The minimum Gasteiger partial charge on any atom is -0.394 e. The number of carbonyl (C=O) groups is 1. The van der Waals surface area contributed by atoms with Crippen LogP contribution in [-0.2, 0) is 61.6 Å². The number of ketones is 1. The third kappa shape index (κ3) is 11.1. The van der Waals surface area contributed by atoms with E-state index in [1.165, 1.54) is 6.92 Å². The van der Waals surface area contributed by atoms with Crippen LogP contribution in [-0.4, -0.2) is 298 Å². The lowest BCUT2D eigenvalue weighted by molar-refractivity contribution is -0.410. The van der Waals surface area contributed by atoms with E-state index in [1.54, 1.807) is 0 Å². The highest BCUT2D eigenvalue weighted by atomic mass is 16.8. The number of hydrogen-bond donors (Lipinski definition) is 16. The number of carbonyl (C=O) groups excluding carboxylic acids is 1. The summed E-state index contributed by atoms with van der Waals surface area (Å²) in [5.74, 6) is -0.184. The van der Waals surface area contributed by atoms with E-state index in [0.717, 1.165) is 37.7 Å². The van der Waals surface area contributed by atoms with E-state index < -0.39 is 209 Å². The lowest BCUT2D eigenvalue weighted by Gasteiger charge is -2.57. The summed E-state index contributed by atoms with van der Waals surface area (Å²) >= 11 is 0. The quantitative estimate of drug-likeness (QED) is 0.0720. The zero-order valence-corrected chi connectivity index (χ0v) is 48.7. The third-order valence-electron chi connectivity index (χ3n) is 21.8. The van der Waals surface area contributed by atoms with Gasteiger partial charge in [0.15, 0.2) is 43.0 Å². The van der Waals surface area contributed by atoms with Gasteiger partial charge in [-0.2, -0.15) is 0 Å². The van der Waals surface area contributed by atoms with Gasteiger partial charge in [-0.1, -0.05) is 33.3 Å². The van der Waals surface area contributed by atoms with Crippen LogP contribution in [0.15, 0.2) is 11.6 Å². The van der Waals surface area contributed by atoms with Crippen molar-refractivity contribution < 1.29 is 143 Å². The highest BCUT2D eigenvalue weighted by Gasteiger charge is 2.71. The van der Waals surface area contributed by atoms with Gasteiger partial charge in [-0.25, -0.2) is 0 Å². The first-order valence-electron chi connectivity index (χ1n) is 30.5. The van der Waals surface area contributed by atoms with Gasteiger partial charge in [-0.05, 0) is 80.6 Å². The highest BCUT2D eigenvalue weighted by Crippen LogP contribution is 2.69. The van der Waals surface area contributed by atoms with E-state index in [1.807, 2.05) is 6.08 Å². The molecule has 11 rings (SSSR count). The second-order valence-electron chi connectivity index (χ2n) is 26.7. The fraction of sp³-hybridized carbons (Fsp3) is 0.947. The molecule has 0 bridgehead atoms. The number of ether oxygens (including phenoxy) is 12. The van der Waals surface area contributed by atoms with Crippen molar-refractivity contribution in [2.24, 2.45) is 46.3 Å². The van der Waals surface area contributed by atoms with Crippen molar-refractivity contribution in [3.63, 3.8) is 0 Å². The van der Waals surface area contributed by atoms with Gasteiger partial charge in [-0.15, -0.1) is 0 Å². The van der Waals surface area contributed by atoms with E-state index in [0.29, 0.717) is 12.5 Å². The van der Waals surface area contributed by atoms with Crippen LogP contribution in [0.1, 0.15) is 79.6 Å². The second-order valence-corrected chi connectivity index (χ2v) is 26.7. The van der Waals surface area contributed by atoms with Gasteiger partial charge in [0, 0.05) is 23.7 Å². The Morgan fingerprint density at radius 2 is 1.05 bits per heavy atom. The van der Waals surface area contributed by atoms with Crippen molar-refractivity contribution in [3.05, 3.63) is 11.6 Å². The monoisotopic (exact) mass is 1240 g/mol. The lowest BCUT2D eigenvalue weighted by atomic mass is 9.47. The van der Waals surface area contributed by atoms with Crippen molar-refractivity contribution >= 4 is 5.78 Å². The minimum atomic E-state index is -2.19. The molecule has 1 spiro atoms. The average molecular weight is 1240 g/mol. The number of fused-ring (bicyclic) bond motifs is 7. The molecule has 3 saturated carbocycles. The fourth-order valence-electron chi connectivity index (χ4n) is 16.7. The summed E-state index contributed by atoms with van der Waals surface area (Å²) in [4.78, 5) is 14.7. The maximum atomic E-state index is 14.7. The average Bonchev–Trinajstić information content (AvgIpc) is 1.48. The number of allylic oxidation sites excluding steroid dienone is 2. The van der Waals surface area contributed by atoms with Crippen LogP contribution in [0.4, 0.5) is 0 Å². The predicted octanol–water partition coefficient (Wildman–Crippen LogP) is -5.99. The summed E-state index contributed by atoms with van der Waals surface area (Å²) in [6.45, 7) is 6.64. The Balaban J connectivity index is 0.796. The summed E-state index contributed by atoms with van der Waals surface area (Å²) in [7, 11) is 0. The largest absolute Gasteiger partial charge is 0.394 e. The summed E-state index contributed by atoms with van der Waals surface area (Å²) in [5.41, 5.74) is -0.254. The van der Waals surface area contributed by atoms with Gasteiger partial charge in [0.05, 0.1) is 57.5 Å². The first-order valence-corrected chi connectivity index (χ1v) is 30.5. The van der Waals surface area contributed by atoms with Crippen molar-refractivity contribution in [3.8, 4) is 0 Å². The zero-order valence-electron chi connectivity index (χ0n) is 48.7. The molecular weight excluding hydrogens is 1150 g/mol. The van der Waals surface area contributed by atoms with Crippen molar-refractivity contribution in [2.75, 3.05) is 33.0 Å². The van der Waals surface area contributed by atoms with E-state index in [4.69, 9.17) is 56.8 Å². The zero-order chi connectivity index (χ0) is 62.0. The van der Waals surface area contributed by atoms with Gasteiger partial charge in [0.25, 0.3) is 0 Å². The summed E-state index contributed by atoms with van der Waals surface area (Å²) in [5, 5.41) is 176. The Morgan fingerprint density at radius 3 is 1.64 bits per heavy atom. The maximum absolute atomic E-state index is 14.7. The molecule has 492 valence electrons. The molecule has 7 aliphatic heterocycles.